The van der Waals surface area contributed by atoms with E-state index in [1.165, 1.54) is 5.56 Å². The predicted molar refractivity (Wildman–Crippen MR) is 125 cm³/mol. The maximum Gasteiger partial charge on any atom is 0.266 e. The van der Waals surface area contributed by atoms with Crippen LogP contribution >= 0.6 is 11.6 Å². The molecule has 0 aliphatic carbocycles. The lowest BCUT2D eigenvalue weighted by molar-refractivity contribution is -0.112. The van der Waals surface area contributed by atoms with E-state index in [1.807, 2.05) is 50.2 Å². The van der Waals surface area contributed by atoms with E-state index in [0.717, 1.165) is 23.2 Å². The summed E-state index contributed by atoms with van der Waals surface area (Å²) in [7, 11) is 2.08. The molecule has 2 aromatic carbocycles. The van der Waals surface area contributed by atoms with Crippen LogP contribution in [0.5, 0.6) is 0 Å². The van der Waals surface area contributed by atoms with Crippen molar-refractivity contribution in [1.29, 1.82) is 5.26 Å². The number of aryl methyl sites for hydroxylation is 2. The SMILES string of the molecule is Cc1ccc(NC(=O)/C(C#N)=C\c2cc3c(cc2Cl)N(C)C(C)(C)C[C@@H]3C)c(C)c1. The summed E-state index contributed by atoms with van der Waals surface area (Å²) < 4.78 is 0. The number of nitrogens with zero attached hydrogens (tertiary/aromatic N) is 2. The first kappa shape index (κ1) is 21.9. The molecule has 156 valence electrons. The number of carbonyl (C=O) groups is 1. The second kappa shape index (κ2) is 8.16. The monoisotopic (exact) mass is 421 g/mol. The largest absolute Gasteiger partial charge is 0.369 e. The van der Waals surface area contributed by atoms with E-state index < -0.39 is 5.91 Å². The van der Waals surface area contributed by atoms with E-state index >= 15 is 0 Å². The maximum absolute atomic E-state index is 12.7. The fourth-order valence-electron chi connectivity index (χ4n) is 4.16. The normalized spacial score (nSPS) is 17.9. The molecule has 1 aliphatic heterocycles. The number of hydrogen-bond donors (Lipinski definition) is 1. The molecule has 3 rings (SSSR count). The third-order valence-electron chi connectivity index (χ3n) is 6.05. The zero-order chi connectivity index (χ0) is 22.2. The molecule has 1 amide bonds. The lowest BCUT2D eigenvalue weighted by Gasteiger charge is -2.45. The van der Waals surface area contributed by atoms with Crippen LogP contribution in [-0.2, 0) is 4.79 Å². The molecule has 4 nitrogen and oxygen atoms in total. The van der Waals surface area contributed by atoms with Gasteiger partial charge in [-0.15, -0.1) is 0 Å². The van der Waals surface area contributed by atoms with Gasteiger partial charge in [-0.05, 0) is 81.0 Å². The van der Waals surface area contributed by atoms with Gasteiger partial charge in [-0.2, -0.15) is 5.26 Å². The molecule has 0 unspecified atom stereocenters. The summed E-state index contributed by atoms with van der Waals surface area (Å²) in [6.07, 6.45) is 2.59. The predicted octanol–water partition coefficient (Wildman–Crippen LogP) is 6.22. The summed E-state index contributed by atoms with van der Waals surface area (Å²) >= 11 is 6.56. The Morgan fingerprint density at radius 1 is 1.30 bits per heavy atom. The first-order valence-electron chi connectivity index (χ1n) is 10.1. The molecule has 1 N–H and O–H groups in total. The average Bonchev–Trinajstić information content (AvgIpc) is 2.66. The molecule has 30 heavy (non-hydrogen) atoms. The molecule has 5 heteroatoms. The number of carbonyl (C=O) groups excluding carboxylic acids is 1. The number of nitrogens with one attached hydrogen (secondary N) is 1. The second-order valence-corrected chi connectivity index (χ2v) is 9.26. The zero-order valence-corrected chi connectivity index (χ0v) is 19.2. The van der Waals surface area contributed by atoms with Crippen LogP contribution in [0.25, 0.3) is 6.08 Å². The van der Waals surface area contributed by atoms with Crippen LogP contribution in [-0.4, -0.2) is 18.5 Å². The second-order valence-electron chi connectivity index (χ2n) is 8.85. The summed E-state index contributed by atoms with van der Waals surface area (Å²) in [5.41, 5.74) is 5.78. The Hall–Kier alpha value is -2.77. The molecule has 0 saturated carbocycles. The lowest BCUT2D eigenvalue weighted by atomic mass is 9.80. The number of halogens is 1. The fraction of sp³-hybridized carbons (Fsp3) is 0.360. The van der Waals surface area contributed by atoms with Gasteiger partial charge in [0.1, 0.15) is 11.6 Å². The van der Waals surface area contributed by atoms with Gasteiger partial charge in [-0.25, -0.2) is 0 Å². The summed E-state index contributed by atoms with van der Waals surface area (Å²) in [5, 5.41) is 13.0. The van der Waals surface area contributed by atoms with Crippen LogP contribution < -0.4 is 10.2 Å². The topological polar surface area (TPSA) is 56.1 Å². The Morgan fingerprint density at radius 3 is 2.63 bits per heavy atom. The Labute approximate surface area is 184 Å². The number of amides is 1. The van der Waals surface area contributed by atoms with Crippen molar-refractivity contribution in [1.82, 2.24) is 0 Å². The van der Waals surface area contributed by atoms with Gasteiger partial charge in [0.2, 0.25) is 0 Å². The quantitative estimate of drug-likeness (QED) is 0.472. The highest BCUT2D eigenvalue weighted by molar-refractivity contribution is 6.32. The van der Waals surface area contributed by atoms with Crippen molar-refractivity contribution in [3.8, 4) is 6.07 Å². The van der Waals surface area contributed by atoms with Gasteiger partial charge in [-0.3, -0.25) is 4.79 Å². The Kier molecular flexibility index (Phi) is 5.97. The molecule has 0 spiro atoms. The molecule has 0 fully saturated rings. The first-order valence-corrected chi connectivity index (χ1v) is 10.5. The fourth-order valence-corrected chi connectivity index (χ4v) is 4.38. The van der Waals surface area contributed by atoms with E-state index in [0.29, 0.717) is 22.2 Å². The average molecular weight is 422 g/mol. The van der Waals surface area contributed by atoms with Crippen LogP contribution in [0.3, 0.4) is 0 Å². The third-order valence-corrected chi connectivity index (χ3v) is 6.37. The number of hydrogen-bond acceptors (Lipinski definition) is 3. The molecule has 1 aliphatic rings. The molecule has 0 aromatic heterocycles. The molecular formula is C25H28ClN3O. The summed E-state index contributed by atoms with van der Waals surface area (Å²) in [4.78, 5) is 15.0. The van der Waals surface area contributed by atoms with Crippen LogP contribution in [0.15, 0.2) is 35.9 Å². The highest BCUT2D eigenvalue weighted by Crippen LogP contribution is 2.44. The smallest absolute Gasteiger partial charge is 0.266 e. The van der Waals surface area contributed by atoms with Crippen molar-refractivity contribution in [2.75, 3.05) is 17.3 Å². The lowest BCUT2D eigenvalue weighted by Crippen LogP contribution is -2.45. The van der Waals surface area contributed by atoms with Gasteiger partial charge in [0.05, 0.1) is 0 Å². The van der Waals surface area contributed by atoms with Gasteiger partial charge in [0, 0.05) is 29.0 Å². The molecule has 0 radical (unpaired) electrons. The number of fused-ring (bicyclic) bond motifs is 1. The summed E-state index contributed by atoms with van der Waals surface area (Å²) in [6.45, 7) is 10.6. The molecule has 1 atom stereocenters. The Morgan fingerprint density at radius 2 is 2.00 bits per heavy atom. The Balaban J connectivity index is 1.96. The number of benzene rings is 2. The van der Waals surface area contributed by atoms with E-state index in [9.17, 15) is 10.1 Å². The molecule has 2 aromatic rings. The molecule has 1 heterocycles. The minimum atomic E-state index is -0.440. The van der Waals surface area contributed by atoms with Crippen molar-refractivity contribution >= 4 is 35.0 Å². The van der Waals surface area contributed by atoms with Crippen molar-refractivity contribution in [3.05, 3.63) is 63.2 Å². The highest BCUT2D eigenvalue weighted by atomic mass is 35.5. The maximum atomic E-state index is 12.7. The van der Waals surface area contributed by atoms with Crippen LogP contribution in [0, 0.1) is 25.2 Å². The van der Waals surface area contributed by atoms with Gasteiger partial charge >= 0.3 is 0 Å². The third kappa shape index (κ3) is 4.22. The van der Waals surface area contributed by atoms with Gasteiger partial charge in [0.15, 0.2) is 0 Å². The summed E-state index contributed by atoms with van der Waals surface area (Å²) in [6, 6.07) is 11.7. The van der Waals surface area contributed by atoms with E-state index in [-0.39, 0.29) is 11.1 Å². The highest BCUT2D eigenvalue weighted by Gasteiger charge is 2.34. The van der Waals surface area contributed by atoms with Crippen molar-refractivity contribution in [3.63, 3.8) is 0 Å². The van der Waals surface area contributed by atoms with Crippen LogP contribution in [0.2, 0.25) is 5.02 Å². The number of anilines is 2. The molecule has 0 saturated heterocycles. The first-order chi connectivity index (χ1) is 14.0. The molecular weight excluding hydrogens is 394 g/mol. The van der Waals surface area contributed by atoms with Gasteiger partial charge < -0.3 is 10.2 Å². The van der Waals surface area contributed by atoms with E-state index in [2.05, 4.69) is 38.0 Å². The summed E-state index contributed by atoms with van der Waals surface area (Å²) in [5.74, 6) is -0.0882. The van der Waals surface area contributed by atoms with Crippen LogP contribution in [0.4, 0.5) is 11.4 Å². The number of rotatable bonds is 3. The van der Waals surface area contributed by atoms with Crippen molar-refractivity contribution < 1.29 is 4.79 Å². The van der Waals surface area contributed by atoms with E-state index in [1.54, 1.807) is 6.08 Å². The van der Waals surface area contributed by atoms with Gasteiger partial charge in [0.25, 0.3) is 5.91 Å². The van der Waals surface area contributed by atoms with Crippen molar-refractivity contribution in [2.24, 2.45) is 0 Å². The minimum Gasteiger partial charge on any atom is -0.369 e. The molecule has 0 bridgehead atoms. The van der Waals surface area contributed by atoms with Crippen LogP contribution in [0.1, 0.15) is 55.4 Å². The number of nitriles is 1. The standard InChI is InChI=1S/C25H28ClN3O/c1-15-7-8-22(16(2)9-15)28-24(30)19(14-27)10-18-11-20-17(3)13-25(4,5)29(6)23(20)12-21(18)26/h7-12,17H,13H2,1-6H3,(H,28,30)/b19-10-/t17-/m0/s1. The van der Waals surface area contributed by atoms with E-state index in [4.69, 9.17) is 11.6 Å². The minimum absolute atomic E-state index is 0.0222. The zero-order valence-electron chi connectivity index (χ0n) is 18.4. The van der Waals surface area contributed by atoms with Crippen molar-refractivity contribution in [2.45, 2.75) is 52.5 Å². The van der Waals surface area contributed by atoms with Gasteiger partial charge in [-0.1, -0.05) is 36.2 Å². The Bertz CT molecular complexity index is 1080.